The molecule has 0 saturated carbocycles. The molecule has 0 saturated heterocycles. The topological polar surface area (TPSA) is 92.2 Å². The van der Waals surface area contributed by atoms with E-state index in [0.29, 0.717) is 0 Å². The van der Waals surface area contributed by atoms with Crippen LogP contribution in [-0.4, -0.2) is 0 Å². The first kappa shape index (κ1) is 39.5. The van der Waals surface area contributed by atoms with Crippen LogP contribution in [0.2, 0.25) is 0 Å². The average molecular weight is 725 g/mol. The molecule has 0 bridgehead atoms. The van der Waals surface area contributed by atoms with Crippen molar-refractivity contribution in [2.24, 2.45) is 0 Å². The summed E-state index contributed by atoms with van der Waals surface area (Å²) in [6.07, 6.45) is 0. The largest absolute Gasteiger partial charge is 4.00 e. The van der Waals surface area contributed by atoms with E-state index in [0.717, 1.165) is 44.5 Å². The van der Waals surface area contributed by atoms with E-state index in [9.17, 15) is 20.4 Å². The molecule has 4 nitrogen and oxygen atoms in total. The van der Waals surface area contributed by atoms with Crippen molar-refractivity contribution in [2.45, 2.75) is 0 Å². The van der Waals surface area contributed by atoms with Gasteiger partial charge in [0.1, 0.15) is 0 Å². The third-order valence-corrected chi connectivity index (χ3v) is 7.85. The molecule has 0 aromatic heterocycles. The summed E-state index contributed by atoms with van der Waals surface area (Å²) in [6, 6.07) is 67.5. The summed E-state index contributed by atoms with van der Waals surface area (Å²) >= 11 is 0. The van der Waals surface area contributed by atoms with E-state index in [1.54, 1.807) is 48.5 Å². The molecule has 0 radical (unpaired) electrons. The van der Waals surface area contributed by atoms with Crippen molar-refractivity contribution in [3.05, 3.63) is 218 Å². The van der Waals surface area contributed by atoms with Crippen LogP contribution in [0.3, 0.4) is 0 Å². The molecule has 5 heteroatoms. The van der Waals surface area contributed by atoms with Crippen molar-refractivity contribution < 1.29 is 42.1 Å². The second-order valence-corrected chi connectivity index (χ2v) is 11.6. The molecule has 0 fully saturated rings. The third-order valence-electron chi connectivity index (χ3n) is 7.85. The number of rotatable bonds is 4. The van der Waals surface area contributed by atoms with Gasteiger partial charge in [0.2, 0.25) is 0 Å². The van der Waals surface area contributed by atoms with Gasteiger partial charge in [-0.05, 0) is 44.5 Å². The molecule has 8 aromatic carbocycles. The maximum atomic E-state index is 10.9. The quantitative estimate of drug-likeness (QED) is 0.169. The van der Waals surface area contributed by atoms with Crippen molar-refractivity contribution in [2.75, 3.05) is 0 Å². The number of hydrogen-bond donors (Lipinski definition) is 0. The fourth-order valence-corrected chi connectivity index (χ4v) is 5.11. The summed E-state index contributed by atoms with van der Waals surface area (Å²) in [5.74, 6) is 0.221. The van der Waals surface area contributed by atoms with Crippen molar-refractivity contribution in [1.82, 2.24) is 0 Å². The summed E-state index contributed by atoms with van der Waals surface area (Å²) in [4.78, 5) is 0. The van der Waals surface area contributed by atoms with E-state index in [-0.39, 0.29) is 44.7 Å². The Morgan fingerprint density at radius 1 is 0.170 bits per heavy atom. The van der Waals surface area contributed by atoms with Crippen LogP contribution < -0.4 is 20.4 Å². The molecule has 0 aliphatic rings. The fraction of sp³-hybridized carbons (Fsp3) is 0. The zero-order valence-corrected chi connectivity index (χ0v) is 30.5. The first-order valence-electron chi connectivity index (χ1n) is 16.7. The first-order chi connectivity index (χ1) is 25.4. The molecule has 8 rings (SSSR count). The molecule has 0 amide bonds. The van der Waals surface area contributed by atoms with Gasteiger partial charge in [0.25, 0.3) is 0 Å². The molecule has 0 atom stereocenters. The average Bonchev–Trinajstić information content (AvgIpc) is 3.21. The van der Waals surface area contributed by atoms with E-state index in [4.69, 9.17) is 0 Å². The van der Waals surface area contributed by atoms with Gasteiger partial charge in [0.15, 0.2) is 0 Å². The van der Waals surface area contributed by atoms with E-state index in [1.165, 1.54) is 0 Å². The zero-order chi connectivity index (χ0) is 36.4. The van der Waals surface area contributed by atoms with Gasteiger partial charge in [-0.3, -0.25) is 0 Å². The Kier molecular flexibility index (Phi) is 15.7. The third kappa shape index (κ3) is 13.1. The fourth-order valence-electron chi connectivity index (χ4n) is 5.11. The van der Waals surface area contributed by atoms with Crippen molar-refractivity contribution >= 4 is 0 Å². The predicted octanol–water partition coefficient (Wildman–Crippen LogP) is 9.71. The molecule has 0 aliphatic carbocycles. The Bertz CT molecular complexity index is 1830. The molecule has 0 spiro atoms. The van der Waals surface area contributed by atoms with Crippen LogP contribution in [0.1, 0.15) is 0 Å². The second kappa shape index (κ2) is 21.1. The van der Waals surface area contributed by atoms with E-state index < -0.39 is 0 Å². The molecule has 0 heterocycles. The van der Waals surface area contributed by atoms with Crippen LogP contribution in [0, 0.1) is 0 Å². The van der Waals surface area contributed by atoms with Crippen molar-refractivity contribution in [3.63, 3.8) is 0 Å². The minimum absolute atomic E-state index is 0. The van der Waals surface area contributed by atoms with Gasteiger partial charge in [-0.2, -0.15) is 0 Å². The standard InChI is InChI=1S/4C12H10O.Ti/c4*13-12-8-6-11(7-9-12)10-4-2-1-3-5-10;/h4*1-9,13H;/q;;;;+4/p-4. The van der Waals surface area contributed by atoms with Crippen molar-refractivity contribution in [1.29, 1.82) is 0 Å². The Labute approximate surface area is 326 Å². The summed E-state index contributed by atoms with van der Waals surface area (Å²) in [5.41, 5.74) is 8.90. The molecule has 53 heavy (non-hydrogen) atoms. The monoisotopic (exact) mass is 724 g/mol. The zero-order valence-electron chi connectivity index (χ0n) is 28.9. The number of benzene rings is 8. The minimum Gasteiger partial charge on any atom is -0.872 e. The van der Waals surface area contributed by atoms with E-state index in [1.807, 2.05) is 170 Å². The summed E-state index contributed by atoms with van der Waals surface area (Å²) in [6.45, 7) is 0. The van der Waals surface area contributed by atoms with Gasteiger partial charge in [-0.1, -0.05) is 218 Å². The van der Waals surface area contributed by atoms with Gasteiger partial charge >= 0.3 is 21.7 Å². The van der Waals surface area contributed by atoms with Gasteiger partial charge in [-0.15, -0.1) is 23.0 Å². The van der Waals surface area contributed by atoms with Crippen LogP contribution in [0.15, 0.2) is 218 Å². The minimum atomic E-state index is 0. The predicted molar refractivity (Wildman–Crippen MR) is 205 cm³/mol. The SMILES string of the molecule is [O-]c1ccc(-c2ccccc2)cc1.[O-]c1ccc(-c2ccccc2)cc1.[O-]c1ccc(-c2ccccc2)cc1.[O-]c1ccc(-c2ccccc2)cc1.[Ti+4]. The summed E-state index contributed by atoms with van der Waals surface area (Å²) < 4.78 is 0. The molecule has 0 unspecified atom stereocenters. The van der Waals surface area contributed by atoms with Crippen molar-refractivity contribution in [3.8, 4) is 67.5 Å². The first-order valence-corrected chi connectivity index (χ1v) is 16.7. The molecule has 8 aromatic rings. The maximum absolute atomic E-state index is 10.9. The Morgan fingerprint density at radius 3 is 0.453 bits per heavy atom. The second-order valence-electron chi connectivity index (χ2n) is 11.6. The molecule has 256 valence electrons. The normalized spacial score (nSPS) is 9.66. The Morgan fingerprint density at radius 2 is 0.302 bits per heavy atom. The van der Waals surface area contributed by atoms with E-state index >= 15 is 0 Å². The van der Waals surface area contributed by atoms with Gasteiger partial charge < -0.3 is 20.4 Å². The summed E-state index contributed by atoms with van der Waals surface area (Å²) in [5, 5.41) is 43.4. The smallest absolute Gasteiger partial charge is 0.872 e. The number of hydrogen-bond acceptors (Lipinski definition) is 4. The van der Waals surface area contributed by atoms with Gasteiger partial charge in [0, 0.05) is 0 Å². The molecular formula is C48H36O4Ti. The van der Waals surface area contributed by atoms with Crippen LogP contribution in [0.4, 0.5) is 0 Å². The molecule has 0 N–H and O–H groups in total. The maximum Gasteiger partial charge on any atom is 4.00 e. The Hall–Kier alpha value is -6.33. The molecular weight excluding hydrogens is 688 g/mol. The van der Waals surface area contributed by atoms with Gasteiger partial charge in [-0.25, -0.2) is 0 Å². The molecule has 0 aliphatic heterocycles. The van der Waals surface area contributed by atoms with E-state index in [2.05, 4.69) is 0 Å². The van der Waals surface area contributed by atoms with Crippen LogP contribution in [0.5, 0.6) is 23.0 Å². The Balaban J connectivity index is 0.000000157. The van der Waals surface area contributed by atoms with Crippen LogP contribution in [-0.2, 0) is 21.7 Å². The van der Waals surface area contributed by atoms with Crippen LogP contribution >= 0.6 is 0 Å². The van der Waals surface area contributed by atoms with Gasteiger partial charge in [0.05, 0.1) is 0 Å². The van der Waals surface area contributed by atoms with Crippen LogP contribution in [0.25, 0.3) is 44.5 Å². The summed E-state index contributed by atoms with van der Waals surface area (Å²) in [7, 11) is 0.